The molecule has 42 heavy (non-hydrogen) atoms. The van der Waals surface area contributed by atoms with Crippen molar-refractivity contribution in [3.63, 3.8) is 0 Å². The van der Waals surface area contributed by atoms with Crippen LogP contribution in [0.2, 0.25) is 0 Å². The standard InChI is InChI=1S/C40H32P2/c1-5-17-32(18-6-1)41(33-19-7-2-8-20-33)36-25-13-15-29-27-31-28-30-16-14-26-37(39(30)40(31)38(29)36)42(34-21-9-3-10-22-34)35-23-11-4-12-24-35/h1-26,31,40H,27-28H2. The Morgan fingerprint density at radius 3 is 1.02 bits per heavy atom. The molecule has 0 aliphatic heterocycles. The molecular formula is C40H32P2. The molecule has 0 unspecified atom stereocenters. The normalized spacial score (nSPS) is 16.8. The van der Waals surface area contributed by atoms with Crippen molar-refractivity contribution in [2.75, 3.05) is 0 Å². The maximum Gasteiger partial charge on any atom is 0.0142 e. The van der Waals surface area contributed by atoms with Gasteiger partial charge in [0.1, 0.15) is 0 Å². The summed E-state index contributed by atoms with van der Waals surface area (Å²) < 4.78 is 0. The van der Waals surface area contributed by atoms with E-state index in [9.17, 15) is 0 Å². The summed E-state index contributed by atoms with van der Waals surface area (Å²) in [5.41, 5.74) is 6.35. The number of benzene rings is 6. The third-order valence-electron chi connectivity index (χ3n) is 8.94. The van der Waals surface area contributed by atoms with Gasteiger partial charge < -0.3 is 0 Å². The summed E-state index contributed by atoms with van der Waals surface area (Å²) in [4.78, 5) is 0. The summed E-state index contributed by atoms with van der Waals surface area (Å²) >= 11 is 0. The summed E-state index contributed by atoms with van der Waals surface area (Å²) in [5, 5.41) is 8.80. The Morgan fingerprint density at radius 2 is 0.690 bits per heavy atom. The van der Waals surface area contributed by atoms with Gasteiger partial charge in [-0.2, -0.15) is 0 Å². The average molecular weight is 575 g/mol. The van der Waals surface area contributed by atoms with E-state index in [-0.39, 0.29) is 0 Å². The SMILES string of the molecule is c1ccc(P(c2ccccc2)c2cccc3c2C2c4c(cccc4P(c4ccccc4)c4ccccc4)CC2C3)cc1. The van der Waals surface area contributed by atoms with Gasteiger partial charge in [-0.15, -0.1) is 0 Å². The van der Waals surface area contributed by atoms with Crippen molar-refractivity contribution < 1.29 is 0 Å². The second kappa shape index (κ2) is 11.1. The molecule has 0 N–H and O–H groups in total. The van der Waals surface area contributed by atoms with Crippen molar-refractivity contribution >= 4 is 47.7 Å². The summed E-state index contributed by atoms with van der Waals surface area (Å²) in [6.07, 6.45) is 2.34. The van der Waals surface area contributed by atoms with E-state index in [1.165, 1.54) is 34.1 Å². The first-order valence-electron chi connectivity index (χ1n) is 14.9. The molecule has 6 aromatic rings. The molecule has 0 aromatic heterocycles. The van der Waals surface area contributed by atoms with Crippen LogP contribution >= 0.6 is 15.8 Å². The van der Waals surface area contributed by atoms with Crippen LogP contribution in [0, 0.1) is 5.92 Å². The molecule has 0 fully saturated rings. The minimum Gasteiger partial charge on any atom is -0.0622 e. The van der Waals surface area contributed by atoms with Gasteiger partial charge >= 0.3 is 0 Å². The fourth-order valence-corrected chi connectivity index (χ4v) is 12.4. The van der Waals surface area contributed by atoms with Gasteiger partial charge in [-0.05, 0) is 88.7 Å². The van der Waals surface area contributed by atoms with Crippen LogP contribution < -0.4 is 31.8 Å². The van der Waals surface area contributed by atoms with Gasteiger partial charge in [0.15, 0.2) is 0 Å². The van der Waals surface area contributed by atoms with Crippen molar-refractivity contribution in [3.05, 3.63) is 180 Å². The fraction of sp³-hybridized carbons (Fsp3) is 0.100. The van der Waals surface area contributed by atoms with Gasteiger partial charge in [-0.25, -0.2) is 0 Å². The second-order valence-corrected chi connectivity index (χ2v) is 15.7. The first kappa shape index (κ1) is 25.9. The van der Waals surface area contributed by atoms with Crippen LogP contribution in [0.15, 0.2) is 158 Å². The molecule has 2 aliphatic rings. The monoisotopic (exact) mass is 574 g/mol. The zero-order chi connectivity index (χ0) is 27.9. The van der Waals surface area contributed by atoms with Gasteiger partial charge in [0, 0.05) is 5.92 Å². The lowest BCUT2D eigenvalue weighted by atomic mass is 9.92. The number of hydrogen-bond donors (Lipinski definition) is 0. The lowest BCUT2D eigenvalue weighted by Crippen LogP contribution is -2.27. The van der Waals surface area contributed by atoms with Gasteiger partial charge in [-0.1, -0.05) is 158 Å². The summed E-state index contributed by atoms with van der Waals surface area (Å²) in [5.74, 6) is 1.07. The molecule has 8 rings (SSSR count). The second-order valence-electron chi connectivity index (χ2n) is 11.4. The maximum absolute atomic E-state index is 2.45. The maximum atomic E-state index is 2.45. The van der Waals surface area contributed by atoms with Crippen molar-refractivity contribution in [1.82, 2.24) is 0 Å². The zero-order valence-electron chi connectivity index (χ0n) is 23.5. The Bertz CT molecular complexity index is 1620. The van der Waals surface area contributed by atoms with Crippen molar-refractivity contribution in [1.29, 1.82) is 0 Å². The van der Waals surface area contributed by atoms with Crippen LogP contribution in [0.3, 0.4) is 0 Å². The summed E-state index contributed by atoms with van der Waals surface area (Å²) in [6, 6.07) is 59.3. The van der Waals surface area contributed by atoms with E-state index in [4.69, 9.17) is 0 Å². The van der Waals surface area contributed by atoms with Gasteiger partial charge in [0.2, 0.25) is 0 Å². The highest BCUT2D eigenvalue weighted by Crippen LogP contribution is 2.53. The Hall–Kier alpha value is -3.82. The first-order chi connectivity index (χ1) is 20.9. The minimum absolute atomic E-state index is 0.442. The predicted molar refractivity (Wildman–Crippen MR) is 183 cm³/mol. The molecule has 0 radical (unpaired) electrons. The van der Waals surface area contributed by atoms with E-state index in [2.05, 4.69) is 158 Å². The highest BCUT2D eigenvalue weighted by molar-refractivity contribution is 7.80. The van der Waals surface area contributed by atoms with Gasteiger partial charge in [0.25, 0.3) is 0 Å². The number of rotatable bonds is 6. The molecule has 0 saturated heterocycles. The lowest BCUT2D eigenvalue weighted by molar-refractivity contribution is 0.548. The Labute approximate surface area is 251 Å². The van der Waals surface area contributed by atoms with Crippen LogP contribution in [0.1, 0.15) is 28.2 Å². The largest absolute Gasteiger partial charge is 0.0622 e. The predicted octanol–water partition coefficient (Wildman–Crippen LogP) is 7.06. The van der Waals surface area contributed by atoms with E-state index in [1.54, 1.807) is 32.9 Å². The van der Waals surface area contributed by atoms with Crippen molar-refractivity contribution in [2.45, 2.75) is 18.8 Å². The molecular weight excluding hydrogens is 542 g/mol. The summed E-state index contributed by atoms with van der Waals surface area (Å²) in [6.45, 7) is 0. The Morgan fingerprint density at radius 1 is 0.357 bits per heavy atom. The fourth-order valence-electron chi connectivity index (χ4n) is 7.31. The molecule has 2 heteroatoms. The molecule has 0 atom stereocenters. The van der Waals surface area contributed by atoms with Crippen LogP contribution in [0.5, 0.6) is 0 Å². The molecule has 0 heterocycles. The molecule has 6 aromatic carbocycles. The quantitative estimate of drug-likeness (QED) is 0.187. The number of hydrogen-bond acceptors (Lipinski definition) is 0. The highest BCUT2D eigenvalue weighted by Gasteiger charge is 2.44. The Kier molecular flexibility index (Phi) is 6.84. The van der Waals surface area contributed by atoms with Crippen LogP contribution in [0.25, 0.3) is 0 Å². The van der Waals surface area contributed by atoms with E-state index in [0.29, 0.717) is 11.8 Å². The molecule has 0 bridgehead atoms. The van der Waals surface area contributed by atoms with Crippen molar-refractivity contribution in [2.24, 2.45) is 5.92 Å². The molecule has 0 amide bonds. The average Bonchev–Trinajstić information content (AvgIpc) is 3.60. The van der Waals surface area contributed by atoms with Crippen molar-refractivity contribution in [3.8, 4) is 0 Å². The smallest absolute Gasteiger partial charge is 0.0142 e. The van der Waals surface area contributed by atoms with Gasteiger partial charge in [0.05, 0.1) is 0 Å². The van der Waals surface area contributed by atoms with E-state index in [0.717, 1.165) is 0 Å². The first-order valence-corrected chi connectivity index (χ1v) is 17.6. The topological polar surface area (TPSA) is 0 Å². The zero-order valence-corrected chi connectivity index (χ0v) is 25.3. The molecule has 202 valence electrons. The van der Waals surface area contributed by atoms with Crippen LogP contribution in [0.4, 0.5) is 0 Å². The lowest BCUT2D eigenvalue weighted by Gasteiger charge is -2.28. The third kappa shape index (κ3) is 4.46. The highest BCUT2D eigenvalue weighted by atomic mass is 31.1. The molecule has 0 saturated carbocycles. The minimum atomic E-state index is -0.669. The number of fused-ring (bicyclic) bond motifs is 5. The van der Waals surface area contributed by atoms with E-state index < -0.39 is 15.8 Å². The van der Waals surface area contributed by atoms with E-state index in [1.807, 2.05) is 0 Å². The van der Waals surface area contributed by atoms with Crippen LogP contribution in [-0.2, 0) is 12.8 Å². The Balaban J connectivity index is 1.34. The molecule has 0 nitrogen and oxygen atoms in total. The summed E-state index contributed by atoms with van der Waals surface area (Å²) in [7, 11) is -1.34. The third-order valence-corrected chi connectivity index (χ3v) is 13.9. The van der Waals surface area contributed by atoms with Crippen LogP contribution in [-0.4, -0.2) is 0 Å². The molecule has 0 spiro atoms. The van der Waals surface area contributed by atoms with E-state index >= 15 is 0 Å². The van der Waals surface area contributed by atoms with Gasteiger partial charge in [-0.3, -0.25) is 0 Å². The molecule has 2 aliphatic carbocycles.